The number of carbonyl (C=O) groups is 1. The van der Waals surface area contributed by atoms with Crippen molar-refractivity contribution in [1.82, 2.24) is 0 Å². The Hall–Kier alpha value is -3.82. The maximum atomic E-state index is 12.7. The molecule has 1 heterocycles. The molecule has 0 fully saturated rings. The lowest BCUT2D eigenvalue weighted by Gasteiger charge is -2.13. The Morgan fingerprint density at radius 1 is 0.971 bits per heavy atom. The lowest BCUT2D eigenvalue weighted by atomic mass is 10.1. The second kappa shape index (κ2) is 9.58. The first kappa shape index (κ1) is 23.3. The lowest BCUT2D eigenvalue weighted by Crippen LogP contribution is -2.11. The minimum Gasteiger partial charge on any atom is -0.497 e. The number of hydrogen-bond donors (Lipinski definition) is 0. The van der Waals surface area contributed by atoms with E-state index >= 15 is 0 Å². The fourth-order valence-electron chi connectivity index (χ4n) is 3.08. The molecule has 0 N–H and O–H groups in total. The zero-order valence-corrected chi connectivity index (χ0v) is 19.6. The Labute approximate surface area is 201 Å². The van der Waals surface area contributed by atoms with Crippen molar-refractivity contribution in [3.63, 3.8) is 0 Å². The Morgan fingerprint density at radius 3 is 2.32 bits per heavy atom. The highest BCUT2D eigenvalue weighted by molar-refractivity contribution is 7.87. The van der Waals surface area contributed by atoms with E-state index in [1.165, 1.54) is 56.7 Å². The molecule has 4 rings (SSSR count). The van der Waals surface area contributed by atoms with Crippen LogP contribution in [0.25, 0.3) is 6.08 Å². The van der Waals surface area contributed by atoms with Gasteiger partial charge in [0.15, 0.2) is 11.4 Å². The number of ether oxygens (including phenoxy) is 3. The molecular weight excluding hydrogens is 482 g/mol. The quantitative estimate of drug-likeness (QED) is 0.268. The molecular formula is C24H18ClNO7S. The number of aliphatic imine (C=N–C) groups is 1. The molecule has 10 heteroatoms. The topological polar surface area (TPSA) is 100 Å². The van der Waals surface area contributed by atoms with Crippen molar-refractivity contribution in [3.05, 3.63) is 88.6 Å². The summed E-state index contributed by atoms with van der Waals surface area (Å²) in [5.74, 6) is -0.0908. The van der Waals surface area contributed by atoms with Crippen LogP contribution in [0.3, 0.4) is 0 Å². The van der Waals surface area contributed by atoms with Gasteiger partial charge in [-0.05, 0) is 60.2 Å². The van der Waals surface area contributed by atoms with E-state index in [9.17, 15) is 13.2 Å². The lowest BCUT2D eigenvalue weighted by molar-refractivity contribution is -0.129. The third-order valence-corrected chi connectivity index (χ3v) is 6.25. The van der Waals surface area contributed by atoms with Crippen LogP contribution in [0.4, 0.5) is 0 Å². The second-order valence-electron chi connectivity index (χ2n) is 6.95. The number of carbonyl (C=O) groups excluding carboxylic acids is 1. The van der Waals surface area contributed by atoms with Gasteiger partial charge < -0.3 is 18.4 Å². The zero-order valence-electron chi connectivity index (χ0n) is 18.0. The average molecular weight is 500 g/mol. The molecule has 0 unspecified atom stereocenters. The largest absolute Gasteiger partial charge is 0.497 e. The van der Waals surface area contributed by atoms with Gasteiger partial charge in [-0.1, -0.05) is 29.8 Å². The van der Waals surface area contributed by atoms with Crippen molar-refractivity contribution in [3.8, 4) is 17.2 Å². The fourth-order valence-corrected chi connectivity index (χ4v) is 4.34. The first-order valence-electron chi connectivity index (χ1n) is 9.85. The Morgan fingerprint density at radius 2 is 1.68 bits per heavy atom. The standard InChI is InChI=1S/C24H18ClNO7S/c1-30-17-8-10-18(11-9-17)34(28,29)33-22-19(25)12-15(14-21(22)31-2)13-20-24(27)32-23(26-20)16-6-4-3-5-7-16/h3-14H,1-2H3/b20-13-. The molecule has 34 heavy (non-hydrogen) atoms. The molecule has 0 saturated heterocycles. The van der Waals surface area contributed by atoms with E-state index < -0.39 is 16.1 Å². The average Bonchev–Trinajstić information content (AvgIpc) is 3.21. The second-order valence-corrected chi connectivity index (χ2v) is 8.90. The minimum absolute atomic E-state index is 0.0399. The maximum absolute atomic E-state index is 12.7. The van der Waals surface area contributed by atoms with E-state index in [0.717, 1.165) is 0 Å². The highest BCUT2D eigenvalue weighted by Gasteiger charge is 2.25. The van der Waals surface area contributed by atoms with Crippen LogP contribution in [0.5, 0.6) is 17.2 Å². The number of hydrogen-bond acceptors (Lipinski definition) is 8. The molecule has 0 saturated carbocycles. The van der Waals surface area contributed by atoms with Gasteiger partial charge >= 0.3 is 16.1 Å². The summed E-state index contributed by atoms with van der Waals surface area (Å²) in [5, 5.41) is -0.0399. The summed E-state index contributed by atoms with van der Waals surface area (Å²) in [7, 11) is -1.40. The minimum atomic E-state index is -4.21. The smallest absolute Gasteiger partial charge is 0.363 e. The van der Waals surface area contributed by atoms with E-state index in [4.69, 9.17) is 30.0 Å². The summed E-state index contributed by atoms with van der Waals surface area (Å²) in [6.07, 6.45) is 1.45. The molecule has 0 aromatic heterocycles. The summed E-state index contributed by atoms with van der Waals surface area (Å²) < 4.78 is 46.3. The third kappa shape index (κ3) is 4.90. The molecule has 0 amide bonds. The number of rotatable bonds is 7. The number of cyclic esters (lactones) is 1. The summed E-state index contributed by atoms with van der Waals surface area (Å²) in [6, 6.07) is 17.6. The van der Waals surface area contributed by atoms with Gasteiger partial charge in [-0.2, -0.15) is 8.42 Å². The number of esters is 1. The van der Waals surface area contributed by atoms with Crippen LogP contribution in [0.15, 0.2) is 82.3 Å². The molecule has 3 aromatic carbocycles. The molecule has 0 radical (unpaired) electrons. The van der Waals surface area contributed by atoms with Gasteiger partial charge in [0.05, 0.1) is 19.2 Å². The van der Waals surface area contributed by atoms with Gasteiger partial charge in [-0.3, -0.25) is 0 Å². The molecule has 0 spiro atoms. The van der Waals surface area contributed by atoms with E-state index in [1.54, 1.807) is 24.3 Å². The van der Waals surface area contributed by atoms with Gasteiger partial charge in [0.25, 0.3) is 0 Å². The maximum Gasteiger partial charge on any atom is 0.363 e. The predicted octanol–water partition coefficient (Wildman–Crippen LogP) is 4.47. The zero-order chi connectivity index (χ0) is 24.3. The number of methoxy groups -OCH3 is 2. The molecule has 0 bridgehead atoms. The van der Waals surface area contributed by atoms with Crippen LogP contribution in [-0.2, 0) is 19.6 Å². The van der Waals surface area contributed by atoms with Crippen LogP contribution >= 0.6 is 11.6 Å². The van der Waals surface area contributed by atoms with Crippen molar-refractivity contribution in [2.24, 2.45) is 4.99 Å². The normalized spacial score (nSPS) is 14.5. The van der Waals surface area contributed by atoms with Crippen molar-refractivity contribution < 1.29 is 31.6 Å². The molecule has 174 valence electrons. The highest BCUT2D eigenvalue weighted by Crippen LogP contribution is 2.39. The Balaban J connectivity index is 1.64. The summed E-state index contributed by atoms with van der Waals surface area (Å²) >= 11 is 6.33. The Bertz CT molecular complexity index is 1400. The van der Waals surface area contributed by atoms with Crippen LogP contribution in [0.2, 0.25) is 5.02 Å². The van der Waals surface area contributed by atoms with Gasteiger partial charge in [-0.15, -0.1) is 0 Å². The first-order valence-corrected chi connectivity index (χ1v) is 11.6. The van der Waals surface area contributed by atoms with Gasteiger partial charge in [0, 0.05) is 5.56 Å². The summed E-state index contributed by atoms with van der Waals surface area (Å²) in [5.41, 5.74) is 1.14. The monoisotopic (exact) mass is 499 g/mol. The van der Waals surface area contributed by atoms with E-state index in [0.29, 0.717) is 16.9 Å². The number of halogens is 1. The molecule has 3 aromatic rings. The number of nitrogens with zero attached hydrogens (tertiary/aromatic N) is 1. The Kier molecular flexibility index (Phi) is 6.58. The van der Waals surface area contributed by atoms with Gasteiger partial charge in [0.2, 0.25) is 11.6 Å². The molecule has 1 aliphatic rings. The molecule has 8 nitrogen and oxygen atoms in total. The number of benzene rings is 3. The van der Waals surface area contributed by atoms with Crippen molar-refractivity contribution in [2.75, 3.05) is 14.2 Å². The van der Waals surface area contributed by atoms with Crippen LogP contribution in [0, 0.1) is 0 Å². The van der Waals surface area contributed by atoms with Gasteiger partial charge in [0.1, 0.15) is 10.6 Å². The van der Waals surface area contributed by atoms with Crippen LogP contribution in [-0.4, -0.2) is 34.5 Å². The summed E-state index contributed by atoms with van der Waals surface area (Å²) in [4.78, 5) is 16.4. The third-order valence-electron chi connectivity index (χ3n) is 4.74. The molecule has 0 atom stereocenters. The molecule has 1 aliphatic heterocycles. The van der Waals surface area contributed by atoms with Crippen molar-refractivity contribution in [2.45, 2.75) is 4.90 Å². The predicted molar refractivity (Wildman–Crippen MR) is 126 cm³/mol. The van der Waals surface area contributed by atoms with Crippen molar-refractivity contribution >= 4 is 39.7 Å². The fraction of sp³-hybridized carbons (Fsp3) is 0.0833. The highest BCUT2D eigenvalue weighted by atomic mass is 35.5. The van der Waals surface area contributed by atoms with Gasteiger partial charge in [-0.25, -0.2) is 9.79 Å². The van der Waals surface area contributed by atoms with E-state index in [1.807, 2.05) is 6.07 Å². The van der Waals surface area contributed by atoms with Crippen molar-refractivity contribution in [1.29, 1.82) is 0 Å². The van der Waals surface area contributed by atoms with Crippen LogP contribution in [0.1, 0.15) is 11.1 Å². The van der Waals surface area contributed by atoms with E-state index in [2.05, 4.69) is 4.99 Å². The summed E-state index contributed by atoms with van der Waals surface area (Å²) in [6.45, 7) is 0. The van der Waals surface area contributed by atoms with Crippen LogP contribution < -0.4 is 13.7 Å². The van der Waals surface area contributed by atoms with E-state index in [-0.39, 0.29) is 33.0 Å². The SMILES string of the molecule is COc1ccc(S(=O)(=O)Oc2c(Cl)cc(/C=C3\N=C(c4ccccc4)OC3=O)cc2OC)cc1. The molecule has 0 aliphatic carbocycles. The first-order chi connectivity index (χ1) is 16.3.